The van der Waals surface area contributed by atoms with Gasteiger partial charge in [0.1, 0.15) is 5.75 Å². The first-order chi connectivity index (χ1) is 13.1. The molecule has 27 heavy (non-hydrogen) atoms. The molecule has 140 valence electrons. The van der Waals surface area contributed by atoms with Crippen LogP contribution in [0.4, 0.5) is 0 Å². The number of para-hydroxylation sites is 1. The first-order valence-electron chi connectivity index (χ1n) is 9.31. The van der Waals surface area contributed by atoms with E-state index in [2.05, 4.69) is 0 Å². The van der Waals surface area contributed by atoms with E-state index in [0.29, 0.717) is 25.3 Å². The topological polar surface area (TPSA) is 66.8 Å². The highest BCUT2D eigenvalue weighted by Crippen LogP contribution is 2.49. The molecule has 0 aromatic heterocycles. The van der Waals surface area contributed by atoms with Gasteiger partial charge < -0.3 is 14.7 Å². The molecule has 2 aromatic rings. The number of fused-ring (bicyclic) bond motifs is 3. The Kier molecular flexibility index (Phi) is 4.70. The summed E-state index contributed by atoms with van der Waals surface area (Å²) >= 11 is 0. The summed E-state index contributed by atoms with van der Waals surface area (Å²) in [5.74, 6) is 0.825. The molecular formula is C22H23NO4. The lowest BCUT2D eigenvalue weighted by Gasteiger charge is -2.37. The molecule has 0 aliphatic carbocycles. The molecule has 1 amide bonds. The van der Waals surface area contributed by atoms with Crippen LogP contribution in [0.5, 0.6) is 5.75 Å². The Balaban J connectivity index is 1.45. The third-order valence-electron chi connectivity index (χ3n) is 5.79. The van der Waals surface area contributed by atoms with Crippen molar-refractivity contribution in [1.82, 2.24) is 4.90 Å². The molecule has 0 bridgehead atoms. The summed E-state index contributed by atoms with van der Waals surface area (Å²) in [6.07, 6.45) is 0.383. The van der Waals surface area contributed by atoms with Crippen LogP contribution >= 0.6 is 0 Å². The van der Waals surface area contributed by atoms with Crippen molar-refractivity contribution >= 4 is 11.7 Å². The largest absolute Gasteiger partial charge is 0.493 e. The van der Waals surface area contributed by atoms with Crippen LogP contribution < -0.4 is 4.74 Å². The maximum absolute atomic E-state index is 12.7. The molecule has 0 radical (unpaired) electrons. The van der Waals surface area contributed by atoms with Crippen LogP contribution in [-0.4, -0.2) is 48.0 Å². The van der Waals surface area contributed by atoms with Crippen molar-refractivity contribution < 1.29 is 19.4 Å². The lowest BCUT2D eigenvalue weighted by atomic mass is 9.74. The normalized spacial score (nSPS) is 23.3. The van der Waals surface area contributed by atoms with Gasteiger partial charge in [0.2, 0.25) is 5.91 Å². The van der Waals surface area contributed by atoms with Gasteiger partial charge in [0, 0.05) is 37.4 Å². The molecule has 0 saturated carbocycles. The minimum Gasteiger partial charge on any atom is -0.493 e. The summed E-state index contributed by atoms with van der Waals surface area (Å²) in [7, 11) is 0. The number of nitrogens with zero attached hydrogens (tertiary/aromatic N) is 1. The van der Waals surface area contributed by atoms with Crippen LogP contribution in [0.3, 0.4) is 0 Å². The molecule has 5 heteroatoms. The molecule has 2 aliphatic heterocycles. The number of aliphatic hydroxyl groups is 1. The van der Waals surface area contributed by atoms with Gasteiger partial charge in [0.05, 0.1) is 18.6 Å². The van der Waals surface area contributed by atoms with E-state index in [1.165, 1.54) is 0 Å². The van der Waals surface area contributed by atoms with Gasteiger partial charge in [0.25, 0.3) is 0 Å². The zero-order valence-corrected chi connectivity index (χ0v) is 15.1. The first kappa shape index (κ1) is 17.7. The number of hydrogen-bond acceptors (Lipinski definition) is 4. The standard InChI is InChI=1S/C22H23NO4/c24-14-22-13-23(12-18(22)17-8-4-5-9-20(17)27-15-22)21(26)11-10-19(25)16-6-2-1-3-7-16/h1-9,18,24H,10-15H2/t18-,22-/m1/s1. The second-order valence-electron chi connectivity index (χ2n) is 7.46. The lowest BCUT2D eigenvalue weighted by molar-refractivity contribution is -0.130. The molecule has 2 aromatic carbocycles. The average Bonchev–Trinajstić information content (AvgIpc) is 3.13. The van der Waals surface area contributed by atoms with Gasteiger partial charge in [-0.2, -0.15) is 0 Å². The Bertz CT molecular complexity index is 850. The fraction of sp³-hybridized carbons (Fsp3) is 0.364. The Labute approximate surface area is 158 Å². The molecule has 0 spiro atoms. The van der Waals surface area contributed by atoms with Crippen LogP contribution in [0, 0.1) is 5.41 Å². The average molecular weight is 365 g/mol. The second kappa shape index (κ2) is 7.16. The van der Waals surface area contributed by atoms with Crippen molar-refractivity contribution in [2.45, 2.75) is 18.8 Å². The highest BCUT2D eigenvalue weighted by atomic mass is 16.5. The Morgan fingerprint density at radius 3 is 2.59 bits per heavy atom. The Morgan fingerprint density at radius 2 is 1.81 bits per heavy atom. The molecule has 4 rings (SSSR count). The minimum absolute atomic E-state index is 0.0221. The second-order valence-corrected chi connectivity index (χ2v) is 7.46. The third kappa shape index (κ3) is 3.23. The maximum atomic E-state index is 12.7. The number of rotatable bonds is 5. The molecule has 5 nitrogen and oxygen atoms in total. The van der Waals surface area contributed by atoms with Crippen LogP contribution in [0.25, 0.3) is 0 Å². The van der Waals surface area contributed by atoms with Crippen molar-refractivity contribution in [1.29, 1.82) is 0 Å². The summed E-state index contributed by atoms with van der Waals surface area (Å²) < 4.78 is 5.86. The first-order valence-corrected chi connectivity index (χ1v) is 9.31. The van der Waals surface area contributed by atoms with Gasteiger partial charge in [-0.15, -0.1) is 0 Å². The monoisotopic (exact) mass is 365 g/mol. The minimum atomic E-state index is -0.465. The number of ether oxygens (including phenoxy) is 1. The predicted octanol–water partition coefficient (Wildman–Crippen LogP) is 2.65. The zero-order valence-electron chi connectivity index (χ0n) is 15.1. The zero-order chi connectivity index (χ0) is 18.9. The van der Waals surface area contributed by atoms with Crippen molar-refractivity contribution in [3.63, 3.8) is 0 Å². The molecule has 1 N–H and O–H groups in total. The number of hydrogen-bond donors (Lipinski definition) is 1. The van der Waals surface area contributed by atoms with Crippen LogP contribution in [0.2, 0.25) is 0 Å². The van der Waals surface area contributed by atoms with E-state index >= 15 is 0 Å². The van der Waals surface area contributed by atoms with Crippen molar-refractivity contribution in [3.05, 3.63) is 65.7 Å². The molecule has 2 heterocycles. The van der Waals surface area contributed by atoms with Crippen LogP contribution in [0.1, 0.15) is 34.7 Å². The van der Waals surface area contributed by atoms with Crippen molar-refractivity contribution in [2.75, 3.05) is 26.3 Å². The summed E-state index contributed by atoms with van der Waals surface area (Å²) in [6, 6.07) is 16.9. The third-order valence-corrected chi connectivity index (χ3v) is 5.79. The molecular weight excluding hydrogens is 342 g/mol. The number of carbonyl (C=O) groups is 2. The molecule has 2 atom stereocenters. The number of likely N-dealkylation sites (tertiary alicyclic amines) is 1. The van der Waals surface area contributed by atoms with Crippen LogP contribution in [-0.2, 0) is 4.79 Å². The van der Waals surface area contributed by atoms with E-state index in [9.17, 15) is 14.7 Å². The van der Waals surface area contributed by atoms with E-state index in [-0.39, 0.29) is 37.1 Å². The van der Waals surface area contributed by atoms with Crippen molar-refractivity contribution in [3.8, 4) is 5.75 Å². The molecule has 1 fully saturated rings. The van der Waals surface area contributed by atoms with Gasteiger partial charge in [0.15, 0.2) is 5.78 Å². The summed E-state index contributed by atoms with van der Waals surface area (Å²) in [5.41, 5.74) is 1.22. The summed E-state index contributed by atoms with van der Waals surface area (Å²) in [5, 5.41) is 10.1. The lowest BCUT2D eigenvalue weighted by Crippen LogP contribution is -2.42. The Morgan fingerprint density at radius 1 is 1.07 bits per heavy atom. The smallest absolute Gasteiger partial charge is 0.223 e. The molecule has 2 aliphatic rings. The quantitative estimate of drug-likeness (QED) is 0.828. The highest BCUT2D eigenvalue weighted by Gasteiger charge is 2.51. The van der Waals surface area contributed by atoms with E-state index in [1.807, 2.05) is 42.5 Å². The number of aliphatic hydroxyl groups excluding tert-OH is 1. The van der Waals surface area contributed by atoms with Crippen molar-refractivity contribution in [2.24, 2.45) is 5.41 Å². The Hall–Kier alpha value is -2.66. The van der Waals surface area contributed by atoms with Gasteiger partial charge in [-0.1, -0.05) is 48.5 Å². The van der Waals surface area contributed by atoms with Gasteiger partial charge in [-0.05, 0) is 11.6 Å². The summed E-state index contributed by atoms with van der Waals surface area (Å²) in [6.45, 7) is 1.39. The number of benzene rings is 2. The SMILES string of the molecule is O=C(CCC(=O)N1C[C@@H]2c3ccccc3OC[C@]2(CO)C1)c1ccccc1. The van der Waals surface area contributed by atoms with Gasteiger partial charge in [-0.25, -0.2) is 0 Å². The van der Waals surface area contributed by atoms with E-state index in [0.717, 1.165) is 11.3 Å². The van der Waals surface area contributed by atoms with Gasteiger partial charge in [-0.3, -0.25) is 9.59 Å². The van der Waals surface area contributed by atoms with Crippen LogP contribution in [0.15, 0.2) is 54.6 Å². The van der Waals surface area contributed by atoms with E-state index in [4.69, 9.17) is 4.74 Å². The fourth-order valence-electron chi connectivity index (χ4n) is 4.21. The number of carbonyl (C=O) groups excluding carboxylic acids is 2. The van der Waals surface area contributed by atoms with E-state index < -0.39 is 5.41 Å². The molecule has 0 unspecified atom stereocenters. The predicted molar refractivity (Wildman–Crippen MR) is 101 cm³/mol. The fourth-order valence-corrected chi connectivity index (χ4v) is 4.21. The number of amides is 1. The van der Waals surface area contributed by atoms with Gasteiger partial charge >= 0.3 is 0 Å². The molecule has 1 saturated heterocycles. The highest BCUT2D eigenvalue weighted by molar-refractivity contribution is 5.97. The maximum Gasteiger partial charge on any atom is 0.223 e. The summed E-state index contributed by atoms with van der Waals surface area (Å²) in [4.78, 5) is 26.8. The number of Topliss-reactive ketones (excluding diaryl/α,β-unsaturated/α-hetero) is 1. The number of ketones is 1. The van der Waals surface area contributed by atoms with E-state index in [1.54, 1.807) is 17.0 Å².